The molecule has 3 rings (SSSR count). The smallest absolute Gasteiger partial charge is 0.328 e. The topological polar surface area (TPSA) is 287 Å². The van der Waals surface area contributed by atoms with E-state index >= 15 is 0 Å². The lowest BCUT2D eigenvalue weighted by Crippen LogP contribution is -2.59. The molecule has 18 nitrogen and oxygen atoms in total. The second-order valence-corrected chi connectivity index (χ2v) is 15.6. The van der Waals surface area contributed by atoms with Crippen LogP contribution in [0.1, 0.15) is 55.7 Å². The normalized spacial score (nSPS) is 13.2. The van der Waals surface area contributed by atoms with Gasteiger partial charge in [-0.15, -0.1) is 23.2 Å². The number of amides is 4. The maximum atomic E-state index is 14.2. The van der Waals surface area contributed by atoms with Gasteiger partial charge in [-0.25, -0.2) is 4.79 Å². The van der Waals surface area contributed by atoms with E-state index in [9.17, 15) is 54.0 Å². The number of carbonyl (C=O) groups is 7. The average Bonchev–Trinajstić information content (AvgIpc) is 3.25. The second kappa shape index (κ2) is 27.2. The molecule has 0 heterocycles. The first-order valence-electron chi connectivity index (χ1n) is 20.6. The number of carboxylic acid groups (broad SMARTS) is 2. The van der Waals surface area contributed by atoms with Crippen molar-refractivity contribution in [3.8, 4) is 11.5 Å². The molecule has 3 aromatic rings. The van der Waals surface area contributed by atoms with Gasteiger partial charge in [-0.2, -0.15) is 0 Å². The fourth-order valence-electron chi connectivity index (χ4n) is 6.50. The molecule has 64 heavy (non-hydrogen) atoms. The van der Waals surface area contributed by atoms with Crippen molar-refractivity contribution in [2.24, 2.45) is 5.73 Å². The number of nitrogens with two attached hydrogens (primary N) is 1. The van der Waals surface area contributed by atoms with Crippen LogP contribution in [-0.4, -0.2) is 124 Å². The van der Waals surface area contributed by atoms with Crippen molar-refractivity contribution in [2.75, 3.05) is 36.4 Å². The zero-order valence-electron chi connectivity index (χ0n) is 35.3. The first kappa shape index (κ1) is 52.2. The molecular weight excluding hydrogens is 875 g/mol. The number of halogens is 2. The number of aliphatic carboxylic acids is 2. The van der Waals surface area contributed by atoms with E-state index in [1.54, 1.807) is 31.2 Å². The van der Waals surface area contributed by atoms with Crippen LogP contribution in [0.5, 0.6) is 11.5 Å². The van der Waals surface area contributed by atoms with E-state index in [4.69, 9.17) is 33.7 Å². The number of esters is 1. The number of aromatic hydroxyl groups is 2. The zero-order valence-corrected chi connectivity index (χ0v) is 36.9. The van der Waals surface area contributed by atoms with Gasteiger partial charge in [0.2, 0.25) is 23.6 Å². The fraction of sp³-hybridized carbons (Fsp3) is 0.432. The van der Waals surface area contributed by atoms with Gasteiger partial charge in [-0.3, -0.25) is 28.8 Å². The van der Waals surface area contributed by atoms with Crippen molar-refractivity contribution < 1.29 is 58.7 Å². The Labute approximate surface area is 380 Å². The van der Waals surface area contributed by atoms with Crippen LogP contribution in [0, 0.1) is 0 Å². The SMILES string of the molecule is CCOC(=O)[C@H](Cc1ccc(N(CCCl)CCCl)cc1)NC(=O)[C@H](CCC(=O)O)NC(=O)[C@@H](Cc1ccc(O)cc1)NC(=O)[C@@H](CCCC(=O)O)NC(=O)[C@H](N)Cc1ccc(O)cc1. The summed E-state index contributed by atoms with van der Waals surface area (Å²) in [7, 11) is 0. The van der Waals surface area contributed by atoms with E-state index in [0.29, 0.717) is 41.5 Å². The first-order chi connectivity index (χ1) is 30.5. The molecule has 0 aliphatic rings. The summed E-state index contributed by atoms with van der Waals surface area (Å²) in [6.07, 6.45) is -1.84. The lowest BCUT2D eigenvalue weighted by Gasteiger charge is -2.27. The Kier molecular flexibility index (Phi) is 22.2. The molecule has 0 spiro atoms. The highest BCUT2D eigenvalue weighted by Gasteiger charge is 2.33. The van der Waals surface area contributed by atoms with Crippen LogP contribution in [0.2, 0.25) is 0 Å². The molecule has 0 aliphatic heterocycles. The summed E-state index contributed by atoms with van der Waals surface area (Å²) in [5.74, 6) is -6.11. The van der Waals surface area contributed by atoms with Crippen molar-refractivity contribution in [1.82, 2.24) is 21.3 Å². The molecule has 0 unspecified atom stereocenters. The highest BCUT2D eigenvalue weighted by Crippen LogP contribution is 2.18. The van der Waals surface area contributed by atoms with Crippen molar-refractivity contribution in [1.29, 1.82) is 0 Å². The van der Waals surface area contributed by atoms with E-state index in [-0.39, 0.29) is 56.6 Å². The number of phenolic OH excluding ortho intramolecular Hbond substituents is 2. The molecule has 0 aromatic heterocycles. The molecule has 0 saturated carbocycles. The minimum Gasteiger partial charge on any atom is -0.508 e. The molecule has 20 heteroatoms. The van der Waals surface area contributed by atoms with Gasteiger partial charge >= 0.3 is 17.9 Å². The molecule has 5 atom stereocenters. The van der Waals surface area contributed by atoms with Crippen LogP contribution in [-0.2, 0) is 57.6 Å². The molecule has 4 amide bonds. The van der Waals surface area contributed by atoms with Crippen LogP contribution in [0.3, 0.4) is 0 Å². The van der Waals surface area contributed by atoms with Crippen LogP contribution in [0.25, 0.3) is 0 Å². The van der Waals surface area contributed by atoms with Crippen LogP contribution < -0.4 is 31.9 Å². The largest absolute Gasteiger partial charge is 0.508 e. The number of nitrogens with zero attached hydrogens (tertiary/aromatic N) is 1. The minimum absolute atomic E-state index is 0.00418. The molecule has 348 valence electrons. The van der Waals surface area contributed by atoms with Gasteiger partial charge in [-0.05, 0) is 85.7 Å². The lowest BCUT2D eigenvalue weighted by atomic mass is 10.0. The monoisotopic (exact) mass is 930 g/mol. The van der Waals surface area contributed by atoms with Crippen LogP contribution in [0.4, 0.5) is 5.69 Å². The number of hydrogen-bond donors (Lipinski definition) is 9. The Morgan fingerprint density at radius 1 is 0.594 bits per heavy atom. The van der Waals surface area contributed by atoms with Gasteiger partial charge in [0.25, 0.3) is 0 Å². The van der Waals surface area contributed by atoms with Crippen molar-refractivity contribution >= 4 is 70.4 Å². The summed E-state index contributed by atoms with van der Waals surface area (Å²) in [5, 5.41) is 48.5. The summed E-state index contributed by atoms with van der Waals surface area (Å²) >= 11 is 11.9. The molecule has 0 aliphatic carbocycles. The van der Waals surface area contributed by atoms with Gasteiger partial charge in [0.05, 0.1) is 12.6 Å². The summed E-state index contributed by atoms with van der Waals surface area (Å²) in [6, 6.07) is 11.9. The fourth-order valence-corrected chi connectivity index (χ4v) is 6.91. The molecule has 3 aromatic carbocycles. The number of carboxylic acids is 2. The average molecular weight is 932 g/mol. The Hall–Kier alpha value is -6.11. The molecule has 0 radical (unpaired) electrons. The van der Waals surface area contributed by atoms with E-state index in [0.717, 1.165) is 5.69 Å². The number of hydrogen-bond acceptors (Lipinski definition) is 12. The third-order valence-corrected chi connectivity index (χ3v) is 10.2. The highest BCUT2D eigenvalue weighted by molar-refractivity contribution is 6.18. The van der Waals surface area contributed by atoms with Crippen molar-refractivity contribution in [3.05, 3.63) is 89.5 Å². The third kappa shape index (κ3) is 18.3. The number of ether oxygens (including phenoxy) is 1. The number of rotatable bonds is 28. The minimum atomic E-state index is -1.55. The molecule has 10 N–H and O–H groups in total. The molecular formula is C44H56Cl2N6O12. The molecule has 0 fully saturated rings. The van der Waals surface area contributed by atoms with E-state index in [1.807, 2.05) is 17.0 Å². The second-order valence-electron chi connectivity index (χ2n) is 14.8. The maximum absolute atomic E-state index is 14.2. The van der Waals surface area contributed by atoms with Gasteiger partial charge in [0.15, 0.2) is 0 Å². The first-order valence-corrected chi connectivity index (χ1v) is 21.7. The number of nitrogens with one attached hydrogen (secondary N) is 4. The number of alkyl halides is 2. The number of benzene rings is 3. The van der Waals surface area contributed by atoms with E-state index < -0.39 is 84.6 Å². The zero-order chi connectivity index (χ0) is 47.2. The Morgan fingerprint density at radius 2 is 1.02 bits per heavy atom. The highest BCUT2D eigenvalue weighted by atomic mass is 35.5. The molecule has 0 saturated heterocycles. The summed E-state index contributed by atoms with van der Waals surface area (Å²) in [5.41, 5.74) is 8.66. The summed E-state index contributed by atoms with van der Waals surface area (Å²) in [4.78, 5) is 93.6. The van der Waals surface area contributed by atoms with Gasteiger partial charge in [0, 0.05) is 56.2 Å². The van der Waals surface area contributed by atoms with E-state index in [2.05, 4.69) is 21.3 Å². The molecule has 0 bridgehead atoms. The quantitative estimate of drug-likeness (QED) is 0.0374. The van der Waals surface area contributed by atoms with E-state index in [1.165, 1.54) is 36.4 Å². The number of anilines is 1. The number of phenols is 2. The summed E-state index contributed by atoms with van der Waals surface area (Å²) in [6.45, 7) is 2.65. The predicted octanol–water partition coefficient (Wildman–Crippen LogP) is 2.36. The van der Waals surface area contributed by atoms with Crippen LogP contribution in [0.15, 0.2) is 72.8 Å². The Bertz CT molecular complexity index is 2000. The number of carbonyl (C=O) groups excluding carboxylic acids is 5. The lowest BCUT2D eigenvalue weighted by molar-refractivity contribution is -0.148. The predicted molar refractivity (Wildman–Crippen MR) is 238 cm³/mol. The standard InChI is InChI=1S/C44H56Cl2N6O12/c1-2-64-44(63)37(26-28-6-12-30(13-7-28)52(22-20-45)23-21-46)51-42(61)35(18-19-39(57)58)49-43(62)36(25-29-10-16-32(54)17-11-29)50-41(60)34(4-3-5-38(55)56)48-40(59)33(47)24-27-8-14-31(53)15-9-27/h6-17,33-37,53-54H,2-5,18-26,47H2,1H3,(H,48,59)(H,49,62)(H,50,60)(H,51,61)(H,55,56)(H,57,58)/t33-,34-,35+,36-,37+/m1/s1. The van der Waals surface area contributed by atoms with Crippen molar-refractivity contribution in [2.45, 2.75) is 88.5 Å². The Morgan fingerprint density at radius 3 is 1.52 bits per heavy atom. The van der Waals surface area contributed by atoms with Crippen molar-refractivity contribution in [3.63, 3.8) is 0 Å². The van der Waals surface area contributed by atoms with Gasteiger partial charge in [-0.1, -0.05) is 36.4 Å². The van der Waals surface area contributed by atoms with Gasteiger partial charge in [0.1, 0.15) is 35.7 Å². The maximum Gasteiger partial charge on any atom is 0.328 e. The summed E-state index contributed by atoms with van der Waals surface area (Å²) < 4.78 is 5.24. The Balaban J connectivity index is 1.89. The van der Waals surface area contributed by atoms with Gasteiger partial charge < -0.3 is 57.1 Å². The van der Waals surface area contributed by atoms with Crippen LogP contribution >= 0.6 is 23.2 Å². The third-order valence-electron chi connectivity index (χ3n) is 9.87.